The molecule has 1 saturated heterocycles. The van der Waals surface area contributed by atoms with Gasteiger partial charge in [-0.2, -0.15) is 0 Å². The van der Waals surface area contributed by atoms with Crippen molar-refractivity contribution in [2.75, 3.05) is 43.4 Å². The van der Waals surface area contributed by atoms with Crippen LogP contribution in [0.15, 0.2) is 36.7 Å². The summed E-state index contributed by atoms with van der Waals surface area (Å²) in [7, 11) is 2.13. The molecule has 0 atom stereocenters. The lowest BCUT2D eigenvalue weighted by atomic mass is 10.1. The highest BCUT2D eigenvalue weighted by Crippen LogP contribution is 2.17. The number of likely N-dealkylation sites (N-methyl/N-ethyl adjacent to an activating group) is 1. The summed E-state index contributed by atoms with van der Waals surface area (Å²) in [5.41, 5.74) is 8.10. The van der Waals surface area contributed by atoms with E-state index in [0.29, 0.717) is 6.54 Å². The topological polar surface area (TPSA) is 87.4 Å². The molecule has 3 N–H and O–H groups in total. The highest BCUT2D eigenvalue weighted by atomic mass is 16.1. The number of hydrogen-bond acceptors (Lipinski definition) is 6. The monoisotopic (exact) mass is 340 g/mol. The minimum absolute atomic E-state index is 0.224. The lowest BCUT2D eigenvalue weighted by Crippen LogP contribution is -2.45. The lowest BCUT2D eigenvalue weighted by Gasteiger charge is -2.32. The minimum Gasteiger partial charge on any atom is -0.381 e. The van der Waals surface area contributed by atoms with Crippen molar-refractivity contribution in [1.29, 1.82) is 0 Å². The number of nitrogens with zero attached hydrogens (tertiary/aromatic N) is 4. The number of benzene rings is 1. The van der Waals surface area contributed by atoms with Crippen LogP contribution in [0.1, 0.15) is 11.1 Å². The number of anilines is 2. The Morgan fingerprint density at radius 2 is 1.84 bits per heavy atom. The van der Waals surface area contributed by atoms with Crippen molar-refractivity contribution >= 4 is 17.5 Å². The van der Waals surface area contributed by atoms with Gasteiger partial charge in [0, 0.05) is 56.4 Å². The highest BCUT2D eigenvalue weighted by Gasteiger charge is 2.16. The van der Waals surface area contributed by atoms with Crippen molar-refractivity contribution in [3.05, 3.63) is 47.8 Å². The van der Waals surface area contributed by atoms with E-state index in [1.165, 1.54) is 0 Å². The first-order chi connectivity index (χ1) is 12.1. The average Bonchev–Trinajstić information content (AvgIpc) is 2.62. The minimum atomic E-state index is -0.339. The summed E-state index contributed by atoms with van der Waals surface area (Å²) < 4.78 is 0. The van der Waals surface area contributed by atoms with E-state index in [2.05, 4.69) is 32.1 Å². The molecule has 0 aliphatic carbocycles. The van der Waals surface area contributed by atoms with Crippen LogP contribution in [0, 0.1) is 0 Å². The number of hydrogen-bond donors (Lipinski definition) is 2. The fourth-order valence-corrected chi connectivity index (χ4v) is 2.84. The molecule has 3 rings (SSSR count). The van der Waals surface area contributed by atoms with E-state index < -0.39 is 0 Å². The van der Waals surface area contributed by atoms with Gasteiger partial charge in [-0.1, -0.05) is 18.2 Å². The Balaban J connectivity index is 1.60. The van der Waals surface area contributed by atoms with Gasteiger partial charge in [-0.25, -0.2) is 9.97 Å². The number of carbonyl (C=O) groups excluding carboxylic acids is 1. The smallest absolute Gasteiger partial charge is 0.225 e. The molecule has 1 aliphatic heterocycles. The Hall–Kier alpha value is -2.67. The third-order valence-corrected chi connectivity index (χ3v) is 4.34. The molecule has 1 aliphatic rings. The molecular formula is C18H24N6O. The van der Waals surface area contributed by atoms with Crippen molar-refractivity contribution in [3.63, 3.8) is 0 Å². The Bertz CT molecular complexity index is 710. The Morgan fingerprint density at radius 3 is 2.52 bits per heavy atom. The fourth-order valence-electron chi connectivity index (χ4n) is 2.84. The summed E-state index contributed by atoms with van der Waals surface area (Å²) >= 11 is 0. The molecule has 0 radical (unpaired) electrons. The second kappa shape index (κ2) is 7.94. The summed E-state index contributed by atoms with van der Waals surface area (Å²) in [5, 5.41) is 3.33. The first-order valence-electron chi connectivity index (χ1n) is 8.46. The van der Waals surface area contributed by atoms with Crippen LogP contribution in [-0.2, 0) is 17.8 Å². The molecule has 2 heterocycles. The van der Waals surface area contributed by atoms with E-state index in [1.54, 1.807) is 0 Å². The van der Waals surface area contributed by atoms with Crippen LogP contribution >= 0.6 is 0 Å². The van der Waals surface area contributed by atoms with Gasteiger partial charge in [0.1, 0.15) is 0 Å². The van der Waals surface area contributed by atoms with E-state index in [1.807, 2.05) is 36.7 Å². The number of primary amides is 1. The normalized spacial score (nSPS) is 15.2. The molecule has 1 fully saturated rings. The number of rotatable bonds is 6. The Morgan fingerprint density at radius 1 is 1.16 bits per heavy atom. The van der Waals surface area contributed by atoms with Gasteiger partial charge < -0.3 is 20.9 Å². The van der Waals surface area contributed by atoms with Crippen LogP contribution in [0.5, 0.6) is 0 Å². The maximum Gasteiger partial charge on any atom is 0.225 e. The van der Waals surface area contributed by atoms with Crippen molar-refractivity contribution in [2.24, 2.45) is 5.73 Å². The molecule has 1 aromatic carbocycles. The highest BCUT2D eigenvalue weighted by molar-refractivity contribution is 5.78. The van der Waals surface area contributed by atoms with E-state index in [-0.39, 0.29) is 12.3 Å². The number of para-hydroxylation sites is 1. The van der Waals surface area contributed by atoms with Crippen molar-refractivity contribution in [1.82, 2.24) is 14.9 Å². The Kier molecular flexibility index (Phi) is 5.45. The summed E-state index contributed by atoms with van der Waals surface area (Å²) in [5.74, 6) is 0.445. The zero-order valence-corrected chi connectivity index (χ0v) is 14.5. The zero-order valence-electron chi connectivity index (χ0n) is 14.5. The molecule has 1 amide bonds. The molecular weight excluding hydrogens is 316 g/mol. The fraction of sp³-hybridized carbons (Fsp3) is 0.389. The molecule has 132 valence electrons. The number of nitrogens with two attached hydrogens (primary N) is 1. The number of amides is 1. The number of nitrogens with one attached hydrogen (secondary N) is 1. The summed E-state index contributed by atoms with van der Waals surface area (Å²) in [4.78, 5) is 24.7. The van der Waals surface area contributed by atoms with Crippen LogP contribution in [0.2, 0.25) is 0 Å². The summed E-state index contributed by atoms with van der Waals surface area (Å²) in [6, 6.07) is 7.68. The first kappa shape index (κ1) is 17.2. The molecule has 0 bridgehead atoms. The van der Waals surface area contributed by atoms with Crippen LogP contribution < -0.4 is 16.0 Å². The second-order valence-corrected chi connectivity index (χ2v) is 6.34. The van der Waals surface area contributed by atoms with Crippen LogP contribution in [0.4, 0.5) is 11.6 Å². The number of carbonyl (C=O) groups is 1. The second-order valence-electron chi connectivity index (χ2n) is 6.34. The van der Waals surface area contributed by atoms with E-state index in [0.717, 1.165) is 48.9 Å². The largest absolute Gasteiger partial charge is 0.381 e. The SMILES string of the molecule is CN1CCN(c2ncc(CNc3ccccc3CC(N)=O)cn2)CC1. The predicted octanol–water partition coefficient (Wildman–Crippen LogP) is 0.868. The first-order valence-corrected chi connectivity index (χ1v) is 8.46. The van der Waals surface area contributed by atoms with E-state index in [9.17, 15) is 4.79 Å². The summed E-state index contributed by atoms with van der Waals surface area (Å²) in [6.07, 6.45) is 3.93. The zero-order chi connectivity index (χ0) is 17.6. The van der Waals surface area contributed by atoms with Gasteiger partial charge in [-0.15, -0.1) is 0 Å². The number of piperazine rings is 1. The Labute approximate surface area is 147 Å². The van der Waals surface area contributed by atoms with Crippen LogP contribution in [0.3, 0.4) is 0 Å². The quantitative estimate of drug-likeness (QED) is 0.811. The van der Waals surface area contributed by atoms with E-state index in [4.69, 9.17) is 5.73 Å². The molecule has 7 heteroatoms. The van der Waals surface area contributed by atoms with Gasteiger partial charge in [-0.05, 0) is 18.7 Å². The van der Waals surface area contributed by atoms with Crippen molar-refractivity contribution in [2.45, 2.75) is 13.0 Å². The van der Waals surface area contributed by atoms with Gasteiger partial charge in [0.15, 0.2) is 0 Å². The van der Waals surface area contributed by atoms with Crippen LogP contribution in [-0.4, -0.2) is 54.0 Å². The maximum absolute atomic E-state index is 11.2. The maximum atomic E-state index is 11.2. The molecule has 0 unspecified atom stereocenters. The standard InChI is InChI=1S/C18H24N6O/c1-23-6-8-24(9-7-23)18-21-12-14(13-22-18)11-20-16-5-3-2-4-15(16)10-17(19)25/h2-5,12-13,20H,6-11H2,1H3,(H2,19,25). The molecule has 0 spiro atoms. The third-order valence-electron chi connectivity index (χ3n) is 4.34. The van der Waals surface area contributed by atoms with Crippen molar-refractivity contribution < 1.29 is 4.79 Å². The van der Waals surface area contributed by atoms with Crippen LogP contribution in [0.25, 0.3) is 0 Å². The lowest BCUT2D eigenvalue weighted by molar-refractivity contribution is -0.117. The van der Waals surface area contributed by atoms with Gasteiger partial charge in [0.05, 0.1) is 6.42 Å². The number of aromatic nitrogens is 2. The molecule has 0 saturated carbocycles. The van der Waals surface area contributed by atoms with Gasteiger partial charge in [-0.3, -0.25) is 4.79 Å². The van der Waals surface area contributed by atoms with E-state index >= 15 is 0 Å². The average molecular weight is 340 g/mol. The van der Waals surface area contributed by atoms with Gasteiger partial charge >= 0.3 is 0 Å². The van der Waals surface area contributed by atoms with Gasteiger partial charge in [0.25, 0.3) is 0 Å². The third kappa shape index (κ3) is 4.67. The molecule has 2 aromatic rings. The van der Waals surface area contributed by atoms with Gasteiger partial charge in [0.2, 0.25) is 11.9 Å². The molecule has 25 heavy (non-hydrogen) atoms. The molecule has 1 aromatic heterocycles. The summed E-state index contributed by atoms with van der Waals surface area (Å²) in [6.45, 7) is 4.56. The van der Waals surface area contributed by atoms with Crippen molar-refractivity contribution in [3.8, 4) is 0 Å². The predicted molar refractivity (Wildman–Crippen MR) is 98.4 cm³/mol. The molecule has 7 nitrogen and oxygen atoms in total.